The van der Waals surface area contributed by atoms with Crippen LogP contribution in [0.5, 0.6) is 5.75 Å². The van der Waals surface area contributed by atoms with Crippen LogP contribution >= 0.6 is 11.6 Å². The molecule has 9 nitrogen and oxygen atoms in total. The quantitative estimate of drug-likeness (QED) is 0.497. The predicted octanol–water partition coefficient (Wildman–Crippen LogP) is 4.51. The number of nitrogens with zero attached hydrogens (tertiary/aromatic N) is 2. The van der Waals surface area contributed by atoms with Gasteiger partial charge in [-0.05, 0) is 57.5 Å². The zero-order valence-electron chi connectivity index (χ0n) is 22.5. The second kappa shape index (κ2) is 12.3. The van der Waals surface area contributed by atoms with Crippen LogP contribution < -0.4 is 20.7 Å². The van der Waals surface area contributed by atoms with Crippen LogP contribution in [0.2, 0.25) is 5.02 Å². The van der Waals surface area contributed by atoms with Gasteiger partial charge in [-0.25, -0.2) is 4.79 Å². The largest absolute Gasteiger partial charge is 0.484 e. The number of nitrogens with two attached hydrogens (primary N) is 1. The van der Waals surface area contributed by atoms with Crippen LogP contribution in [0, 0.1) is 0 Å². The molecule has 0 saturated heterocycles. The van der Waals surface area contributed by atoms with E-state index in [0.717, 1.165) is 6.07 Å². The fourth-order valence-corrected chi connectivity index (χ4v) is 4.25. The van der Waals surface area contributed by atoms with E-state index < -0.39 is 48.3 Å². The first-order valence-electron chi connectivity index (χ1n) is 12.4. The summed E-state index contributed by atoms with van der Waals surface area (Å²) in [6, 6.07) is 8.50. The Labute approximate surface area is 235 Å². The summed E-state index contributed by atoms with van der Waals surface area (Å²) in [6.45, 7) is 5.74. The van der Waals surface area contributed by atoms with Gasteiger partial charge in [0.25, 0.3) is 5.91 Å². The highest BCUT2D eigenvalue weighted by molar-refractivity contribution is 6.34. The van der Waals surface area contributed by atoms with Gasteiger partial charge >= 0.3 is 12.2 Å². The van der Waals surface area contributed by atoms with Crippen LogP contribution in [-0.4, -0.2) is 66.4 Å². The van der Waals surface area contributed by atoms with Crippen molar-refractivity contribution in [1.29, 1.82) is 0 Å². The Morgan fingerprint density at radius 1 is 1.15 bits per heavy atom. The van der Waals surface area contributed by atoms with Gasteiger partial charge in [0.2, 0.25) is 5.91 Å². The van der Waals surface area contributed by atoms with Crippen molar-refractivity contribution in [2.24, 2.45) is 5.73 Å². The molecule has 40 heavy (non-hydrogen) atoms. The number of para-hydroxylation sites is 1. The number of ether oxygens (including phenoxy) is 2. The molecule has 1 aliphatic heterocycles. The molecule has 0 bridgehead atoms. The minimum atomic E-state index is -4.53. The lowest BCUT2D eigenvalue weighted by molar-refractivity contribution is -0.153. The second-order valence-electron chi connectivity index (χ2n) is 10.4. The number of alkyl halides is 3. The lowest BCUT2D eigenvalue weighted by Crippen LogP contribution is -2.55. The number of primary amides is 1. The SMILES string of the molecule is C[C@@H]1CN(C(=O)c2ccc(OCC(F)(F)F)cc2Cl)c2ccccc2CN1C(=O)N[C@@H](COC(C)(C)C)C(N)=O. The van der Waals surface area contributed by atoms with E-state index in [0.29, 0.717) is 11.3 Å². The number of hydrogen-bond acceptors (Lipinski definition) is 5. The van der Waals surface area contributed by atoms with Crippen molar-refractivity contribution in [3.63, 3.8) is 0 Å². The smallest absolute Gasteiger partial charge is 0.422 e. The Hall–Kier alpha value is -3.51. The standard InChI is InChI=1S/C27H32ClF3N4O5/c1-16-12-35(24(37)19-10-9-18(11-20(19)28)39-15-27(29,30)31)22-8-6-5-7-17(22)13-34(16)25(38)33-21(23(32)36)14-40-26(2,3)4/h5-11,16,21H,12-15H2,1-4H3,(H2,32,36)(H,33,38)/t16-,21+/m1/s1. The lowest BCUT2D eigenvalue weighted by atomic mass is 10.1. The fourth-order valence-electron chi connectivity index (χ4n) is 4.00. The molecule has 2 atom stereocenters. The zero-order valence-corrected chi connectivity index (χ0v) is 23.3. The van der Waals surface area contributed by atoms with Crippen molar-refractivity contribution in [3.8, 4) is 5.75 Å². The number of hydrogen-bond donors (Lipinski definition) is 2. The molecule has 0 aromatic heterocycles. The Bertz CT molecular complexity index is 1250. The summed E-state index contributed by atoms with van der Waals surface area (Å²) < 4.78 is 47.9. The summed E-state index contributed by atoms with van der Waals surface area (Å²) >= 11 is 6.29. The maximum absolute atomic E-state index is 13.7. The molecule has 2 aromatic rings. The van der Waals surface area contributed by atoms with Gasteiger partial charge in [0.05, 0.1) is 22.8 Å². The predicted molar refractivity (Wildman–Crippen MR) is 143 cm³/mol. The Morgan fingerprint density at radius 2 is 1.82 bits per heavy atom. The molecule has 3 rings (SSSR count). The van der Waals surface area contributed by atoms with Crippen LogP contribution in [0.4, 0.5) is 23.7 Å². The average molecular weight is 585 g/mol. The number of carbonyl (C=O) groups is 3. The van der Waals surface area contributed by atoms with Gasteiger partial charge in [-0.3, -0.25) is 9.59 Å². The van der Waals surface area contributed by atoms with E-state index in [1.807, 2.05) is 20.8 Å². The van der Waals surface area contributed by atoms with Gasteiger partial charge < -0.3 is 30.3 Å². The summed E-state index contributed by atoms with van der Waals surface area (Å²) in [5, 5.41) is 2.54. The monoisotopic (exact) mass is 584 g/mol. The van der Waals surface area contributed by atoms with E-state index >= 15 is 0 Å². The van der Waals surface area contributed by atoms with Gasteiger partial charge in [-0.1, -0.05) is 29.8 Å². The number of nitrogens with one attached hydrogen (secondary N) is 1. The first kappa shape index (κ1) is 31.0. The van der Waals surface area contributed by atoms with Crippen LogP contribution in [0.15, 0.2) is 42.5 Å². The minimum Gasteiger partial charge on any atom is -0.484 e. The number of rotatable bonds is 7. The normalized spacial score (nSPS) is 16.6. The number of anilines is 1. The van der Waals surface area contributed by atoms with Crippen molar-refractivity contribution in [2.45, 2.75) is 58.1 Å². The average Bonchev–Trinajstić information content (AvgIpc) is 3.00. The molecule has 0 saturated carbocycles. The molecule has 0 aliphatic carbocycles. The third-order valence-corrected chi connectivity index (χ3v) is 6.32. The fraction of sp³-hybridized carbons (Fsp3) is 0.444. The summed E-state index contributed by atoms with van der Waals surface area (Å²) in [5.41, 5.74) is 6.17. The molecular formula is C27H32ClF3N4O5. The highest BCUT2D eigenvalue weighted by atomic mass is 35.5. The number of halogens is 4. The van der Waals surface area contributed by atoms with Crippen molar-refractivity contribution in [1.82, 2.24) is 10.2 Å². The van der Waals surface area contributed by atoms with Crippen molar-refractivity contribution in [2.75, 3.05) is 24.7 Å². The number of urea groups is 1. The molecule has 13 heteroatoms. The second-order valence-corrected chi connectivity index (χ2v) is 10.8. The van der Waals surface area contributed by atoms with E-state index in [2.05, 4.69) is 5.32 Å². The van der Waals surface area contributed by atoms with E-state index in [-0.39, 0.29) is 36.0 Å². The molecule has 218 valence electrons. The molecule has 4 amide bonds. The first-order valence-corrected chi connectivity index (χ1v) is 12.8. The molecule has 0 spiro atoms. The first-order chi connectivity index (χ1) is 18.6. The van der Waals surface area contributed by atoms with Crippen LogP contribution in [0.25, 0.3) is 0 Å². The number of amides is 4. The maximum atomic E-state index is 13.7. The van der Waals surface area contributed by atoms with Gasteiger partial charge in [0.1, 0.15) is 11.8 Å². The van der Waals surface area contributed by atoms with E-state index in [4.69, 9.17) is 26.8 Å². The van der Waals surface area contributed by atoms with Gasteiger partial charge in [-0.2, -0.15) is 13.2 Å². The lowest BCUT2D eigenvalue weighted by Gasteiger charge is -2.31. The van der Waals surface area contributed by atoms with Crippen molar-refractivity contribution in [3.05, 3.63) is 58.6 Å². The van der Waals surface area contributed by atoms with Crippen LogP contribution in [-0.2, 0) is 16.1 Å². The summed E-state index contributed by atoms with van der Waals surface area (Å²) in [7, 11) is 0. The van der Waals surface area contributed by atoms with Gasteiger partial charge in [0.15, 0.2) is 6.61 Å². The minimum absolute atomic E-state index is 0.0500. The third-order valence-electron chi connectivity index (χ3n) is 6.01. The zero-order chi connectivity index (χ0) is 29.8. The molecule has 3 N–H and O–H groups in total. The summed E-state index contributed by atoms with van der Waals surface area (Å²) in [6.07, 6.45) is -4.53. The van der Waals surface area contributed by atoms with Crippen molar-refractivity contribution >= 4 is 35.1 Å². The Morgan fingerprint density at radius 3 is 2.42 bits per heavy atom. The third kappa shape index (κ3) is 8.25. The molecule has 0 fully saturated rings. The topological polar surface area (TPSA) is 114 Å². The highest BCUT2D eigenvalue weighted by Gasteiger charge is 2.34. The molecule has 0 radical (unpaired) electrons. The summed E-state index contributed by atoms with van der Waals surface area (Å²) in [4.78, 5) is 41.9. The number of carbonyl (C=O) groups excluding carboxylic acids is 3. The number of benzene rings is 2. The Kier molecular flexibility index (Phi) is 9.57. The highest BCUT2D eigenvalue weighted by Crippen LogP contribution is 2.31. The molecule has 2 aromatic carbocycles. The van der Waals surface area contributed by atoms with Crippen molar-refractivity contribution < 1.29 is 37.0 Å². The van der Waals surface area contributed by atoms with E-state index in [1.165, 1.54) is 21.9 Å². The Balaban J connectivity index is 1.84. The molecular weight excluding hydrogens is 553 g/mol. The van der Waals surface area contributed by atoms with E-state index in [1.54, 1.807) is 31.2 Å². The maximum Gasteiger partial charge on any atom is 0.422 e. The molecule has 1 heterocycles. The van der Waals surface area contributed by atoms with E-state index in [9.17, 15) is 27.6 Å². The van der Waals surface area contributed by atoms with Crippen LogP contribution in [0.3, 0.4) is 0 Å². The molecule has 1 aliphatic rings. The molecule has 0 unspecified atom stereocenters. The van der Waals surface area contributed by atoms with Gasteiger partial charge in [0, 0.05) is 24.8 Å². The van der Waals surface area contributed by atoms with Gasteiger partial charge in [-0.15, -0.1) is 0 Å². The van der Waals surface area contributed by atoms with Crippen LogP contribution in [0.1, 0.15) is 43.6 Å². The summed E-state index contributed by atoms with van der Waals surface area (Å²) in [5.74, 6) is -1.40. The number of fused-ring (bicyclic) bond motifs is 1.